The van der Waals surface area contributed by atoms with E-state index in [9.17, 15) is 13.6 Å². The van der Waals surface area contributed by atoms with Crippen molar-refractivity contribution in [3.63, 3.8) is 0 Å². The van der Waals surface area contributed by atoms with Crippen LogP contribution in [-0.4, -0.2) is 28.7 Å². The fourth-order valence-corrected chi connectivity index (χ4v) is 3.61. The van der Waals surface area contributed by atoms with Crippen LogP contribution in [0.1, 0.15) is 18.1 Å². The van der Waals surface area contributed by atoms with Crippen LogP contribution in [-0.2, 0) is 11.3 Å². The molecule has 0 saturated carbocycles. The monoisotopic (exact) mass is 452 g/mol. The van der Waals surface area contributed by atoms with Crippen LogP contribution in [0, 0.1) is 6.92 Å². The average molecular weight is 452 g/mol. The summed E-state index contributed by atoms with van der Waals surface area (Å²) in [4.78, 5) is 15.6. The van der Waals surface area contributed by atoms with Gasteiger partial charge in [0.15, 0.2) is 5.58 Å². The second kappa shape index (κ2) is 9.38. The van der Waals surface area contributed by atoms with Gasteiger partial charge >= 0.3 is 12.6 Å². The van der Waals surface area contributed by atoms with Crippen molar-refractivity contribution in [2.24, 2.45) is 0 Å². The number of aliphatic carboxylic acids is 1. The molecule has 0 amide bonds. The molecule has 3 aromatic carbocycles. The fourth-order valence-electron chi connectivity index (χ4n) is 3.61. The van der Waals surface area contributed by atoms with Crippen molar-refractivity contribution in [3.05, 3.63) is 71.8 Å². The van der Waals surface area contributed by atoms with Crippen LogP contribution in [0.3, 0.4) is 0 Å². The highest BCUT2D eigenvalue weighted by atomic mass is 19.3. The van der Waals surface area contributed by atoms with Crippen LogP contribution in [0.25, 0.3) is 33.7 Å². The zero-order valence-electron chi connectivity index (χ0n) is 18.0. The van der Waals surface area contributed by atoms with Crippen molar-refractivity contribution in [2.75, 3.05) is 0 Å². The van der Waals surface area contributed by atoms with Gasteiger partial charge in [-0.25, -0.2) is 4.98 Å². The molecule has 0 fully saturated rings. The Balaban J connectivity index is 1.74. The molecule has 0 aliphatic carbocycles. The molecule has 0 aliphatic rings. The summed E-state index contributed by atoms with van der Waals surface area (Å²) < 4.78 is 36.5. The van der Waals surface area contributed by atoms with Crippen molar-refractivity contribution in [2.45, 2.75) is 33.0 Å². The largest absolute Gasteiger partial charge is 0.480 e. The number of nitrogens with one attached hydrogen (secondary N) is 1. The lowest BCUT2D eigenvalue weighted by atomic mass is 9.96. The lowest BCUT2D eigenvalue weighted by molar-refractivity contribution is -0.139. The average Bonchev–Trinajstić information content (AvgIpc) is 3.20. The summed E-state index contributed by atoms with van der Waals surface area (Å²) in [5.74, 6) is -0.794. The molecule has 0 unspecified atom stereocenters. The molecule has 0 saturated heterocycles. The number of rotatable bonds is 8. The van der Waals surface area contributed by atoms with E-state index in [0.717, 1.165) is 22.3 Å². The molecule has 0 spiro atoms. The first kappa shape index (κ1) is 22.4. The minimum atomic E-state index is -3.04. The number of nitrogens with zero attached hydrogens (tertiary/aromatic N) is 1. The highest BCUT2D eigenvalue weighted by Crippen LogP contribution is 2.35. The summed E-state index contributed by atoms with van der Waals surface area (Å²) in [5, 5.41) is 11.8. The first-order valence-electron chi connectivity index (χ1n) is 10.3. The normalized spacial score (nSPS) is 12.3. The predicted octanol–water partition coefficient (Wildman–Crippen LogP) is 5.63. The summed E-state index contributed by atoms with van der Waals surface area (Å²) in [6.07, 6.45) is 0. The lowest BCUT2D eigenvalue weighted by Gasteiger charge is -2.13. The SMILES string of the molecule is Cc1c(-c2ccccc2)cccc1-c1nc2cc(CN[C@H](C)C(=O)O)c(OC(F)F)cc2o1. The van der Waals surface area contributed by atoms with Gasteiger partial charge in [-0.1, -0.05) is 42.5 Å². The molecule has 1 aromatic heterocycles. The Morgan fingerprint density at radius 1 is 1.12 bits per heavy atom. The van der Waals surface area contributed by atoms with E-state index in [1.54, 1.807) is 6.07 Å². The van der Waals surface area contributed by atoms with E-state index in [2.05, 4.69) is 15.0 Å². The van der Waals surface area contributed by atoms with Crippen molar-refractivity contribution >= 4 is 17.1 Å². The van der Waals surface area contributed by atoms with Gasteiger partial charge in [0.25, 0.3) is 0 Å². The van der Waals surface area contributed by atoms with E-state index < -0.39 is 18.6 Å². The Bertz CT molecular complexity index is 1290. The molecular formula is C25H22F2N2O4. The first-order chi connectivity index (χ1) is 15.8. The summed E-state index contributed by atoms with van der Waals surface area (Å²) in [5.41, 5.74) is 4.94. The number of hydrogen-bond acceptors (Lipinski definition) is 5. The number of carbonyl (C=O) groups is 1. The number of oxazole rings is 1. The Labute approximate surface area is 188 Å². The van der Waals surface area contributed by atoms with Crippen LogP contribution in [0.5, 0.6) is 5.75 Å². The molecular weight excluding hydrogens is 430 g/mol. The summed E-state index contributed by atoms with van der Waals surface area (Å²) in [7, 11) is 0. The standard InChI is InChI=1S/C25H22F2N2O4/c1-14-18(16-7-4-3-5-8-16)9-6-10-19(14)23-29-20-11-17(13-28-15(2)24(30)31)21(33-25(26)27)12-22(20)32-23/h3-12,15,25,28H,13H2,1-2H3,(H,30,31)/t15-/m1/s1. The molecule has 0 radical (unpaired) electrons. The van der Waals surface area contributed by atoms with Crippen LogP contribution >= 0.6 is 0 Å². The van der Waals surface area contributed by atoms with Crippen LogP contribution < -0.4 is 10.1 Å². The molecule has 170 valence electrons. The lowest BCUT2D eigenvalue weighted by Crippen LogP contribution is -2.33. The van der Waals surface area contributed by atoms with Crippen LogP contribution in [0.15, 0.2) is 65.1 Å². The third-order valence-corrected chi connectivity index (χ3v) is 5.40. The van der Waals surface area contributed by atoms with E-state index in [-0.39, 0.29) is 12.3 Å². The number of hydrogen-bond donors (Lipinski definition) is 2. The number of carboxylic acid groups (broad SMARTS) is 1. The van der Waals surface area contributed by atoms with Crippen molar-refractivity contribution < 1.29 is 27.8 Å². The van der Waals surface area contributed by atoms with Gasteiger partial charge in [-0.05, 0) is 42.7 Å². The van der Waals surface area contributed by atoms with Gasteiger partial charge in [0, 0.05) is 23.7 Å². The second-order valence-electron chi connectivity index (χ2n) is 7.61. The number of alkyl halides is 2. The first-order valence-corrected chi connectivity index (χ1v) is 10.3. The maximum atomic E-state index is 13.0. The quantitative estimate of drug-likeness (QED) is 0.360. The van der Waals surface area contributed by atoms with Gasteiger partial charge in [-0.3, -0.25) is 4.79 Å². The molecule has 8 heteroatoms. The Kier molecular flexibility index (Phi) is 6.37. The number of benzene rings is 3. The Morgan fingerprint density at radius 2 is 1.85 bits per heavy atom. The van der Waals surface area contributed by atoms with Gasteiger partial charge in [0.2, 0.25) is 5.89 Å². The number of ether oxygens (including phenoxy) is 1. The maximum absolute atomic E-state index is 13.0. The van der Waals surface area contributed by atoms with Gasteiger partial charge in [0.1, 0.15) is 17.3 Å². The van der Waals surface area contributed by atoms with Gasteiger partial charge < -0.3 is 19.6 Å². The van der Waals surface area contributed by atoms with Gasteiger partial charge in [-0.15, -0.1) is 0 Å². The number of carboxylic acids is 1. The van der Waals surface area contributed by atoms with Gasteiger partial charge in [0.05, 0.1) is 0 Å². The number of halogens is 2. The molecule has 2 N–H and O–H groups in total. The topological polar surface area (TPSA) is 84.6 Å². The van der Waals surface area contributed by atoms with Crippen molar-refractivity contribution in [1.29, 1.82) is 0 Å². The van der Waals surface area contributed by atoms with E-state index >= 15 is 0 Å². The fraction of sp³-hybridized carbons (Fsp3) is 0.200. The van der Waals surface area contributed by atoms with Crippen LogP contribution in [0.4, 0.5) is 8.78 Å². The zero-order chi connectivity index (χ0) is 23.5. The Morgan fingerprint density at radius 3 is 2.55 bits per heavy atom. The smallest absolute Gasteiger partial charge is 0.387 e. The van der Waals surface area contributed by atoms with Crippen molar-refractivity contribution in [1.82, 2.24) is 10.3 Å². The second-order valence-corrected chi connectivity index (χ2v) is 7.61. The zero-order valence-corrected chi connectivity index (χ0v) is 18.0. The molecule has 4 aromatic rings. The highest BCUT2D eigenvalue weighted by molar-refractivity contribution is 5.82. The minimum Gasteiger partial charge on any atom is -0.480 e. The summed E-state index contributed by atoms with van der Waals surface area (Å²) in [6.45, 7) is 0.410. The molecule has 1 atom stereocenters. The third-order valence-electron chi connectivity index (χ3n) is 5.40. The van der Waals surface area contributed by atoms with E-state index in [1.807, 2.05) is 55.5 Å². The van der Waals surface area contributed by atoms with E-state index in [1.165, 1.54) is 13.0 Å². The van der Waals surface area contributed by atoms with Crippen LogP contribution in [0.2, 0.25) is 0 Å². The third kappa shape index (κ3) is 4.85. The van der Waals surface area contributed by atoms with E-state index in [0.29, 0.717) is 22.6 Å². The number of fused-ring (bicyclic) bond motifs is 1. The molecule has 0 aliphatic heterocycles. The maximum Gasteiger partial charge on any atom is 0.387 e. The Hall–Kier alpha value is -3.78. The molecule has 6 nitrogen and oxygen atoms in total. The molecule has 0 bridgehead atoms. The molecule has 33 heavy (non-hydrogen) atoms. The van der Waals surface area contributed by atoms with E-state index in [4.69, 9.17) is 9.52 Å². The van der Waals surface area contributed by atoms with Crippen molar-refractivity contribution in [3.8, 4) is 28.3 Å². The summed E-state index contributed by atoms with van der Waals surface area (Å²) >= 11 is 0. The minimum absolute atomic E-state index is 0.0101. The summed E-state index contributed by atoms with van der Waals surface area (Å²) in [6, 6.07) is 17.8. The number of aromatic nitrogens is 1. The predicted molar refractivity (Wildman–Crippen MR) is 120 cm³/mol. The van der Waals surface area contributed by atoms with Gasteiger partial charge in [-0.2, -0.15) is 8.78 Å². The molecule has 1 heterocycles. The highest BCUT2D eigenvalue weighted by Gasteiger charge is 2.19. The molecule has 4 rings (SSSR count).